The molecule has 0 bridgehead atoms. The Hall–Kier alpha value is -1.61. The van der Waals surface area contributed by atoms with E-state index in [0.29, 0.717) is 0 Å². The summed E-state index contributed by atoms with van der Waals surface area (Å²) in [6.07, 6.45) is 6.41. The average molecular weight is 295 g/mol. The molecular formula is C19H25N3. The molecule has 3 heteroatoms. The van der Waals surface area contributed by atoms with Gasteiger partial charge < -0.3 is 9.80 Å². The van der Waals surface area contributed by atoms with Gasteiger partial charge in [0.15, 0.2) is 0 Å². The second kappa shape index (κ2) is 5.88. The standard InChI is InChI=1S/C19H25N3/c1-21-11-13-22(14-12-21)19-17-9-4-2-3-7-15(17)16-8-5-6-10-18(16)20-19/h5-6,8,10H,2-4,7,9,11-14H2,1H3. The second-order valence-electron chi connectivity index (χ2n) is 6.76. The number of aromatic nitrogens is 1. The highest BCUT2D eigenvalue weighted by atomic mass is 15.3. The van der Waals surface area contributed by atoms with Crippen molar-refractivity contribution in [1.29, 1.82) is 0 Å². The predicted octanol–water partition coefficient (Wildman–Crippen LogP) is 3.26. The van der Waals surface area contributed by atoms with E-state index in [1.807, 2.05) is 0 Å². The van der Waals surface area contributed by atoms with E-state index < -0.39 is 0 Å². The van der Waals surface area contributed by atoms with E-state index in [1.54, 1.807) is 11.1 Å². The highest BCUT2D eigenvalue weighted by Gasteiger charge is 2.23. The number of hydrogen-bond acceptors (Lipinski definition) is 3. The molecule has 0 radical (unpaired) electrons. The van der Waals surface area contributed by atoms with E-state index >= 15 is 0 Å². The highest BCUT2D eigenvalue weighted by Crippen LogP contribution is 2.34. The number of para-hydroxylation sites is 1. The van der Waals surface area contributed by atoms with Crippen molar-refractivity contribution < 1.29 is 0 Å². The summed E-state index contributed by atoms with van der Waals surface area (Å²) < 4.78 is 0. The lowest BCUT2D eigenvalue weighted by Gasteiger charge is -2.35. The summed E-state index contributed by atoms with van der Waals surface area (Å²) in [4.78, 5) is 10.0. The van der Waals surface area contributed by atoms with Crippen LogP contribution < -0.4 is 4.90 Å². The van der Waals surface area contributed by atoms with Crippen molar-refractivity contribution in [1.82, 2.24) is 9.88 Å². The molecule has 0 N–H and O–H groups in total. The Morgan fingerprint density at radius 3 is 2.41 bits per heavy atom. The van der Waals surface area contributed by atoms with Gasteiger partial charge in [-0.3, -0.25) is 0 Å². The van der Waals surface area contributed by atoms with Gasteiger partial charge in [0.05, 0.1) is 5.52 Å². The number of fused-ring (bicyclic) bond motifs is 3. The summed E-state index contributed by atoms with van der Waals surface area (Å²) in [5, 5.41) is 1.39. The summed E-state index contributed by atoms with van der Waals surface area (Å²) >= 11 is 0. The number of rotatable bonds is 1. The first kappa shape index (κ1) is 14.0. The fraction of sp³-hybridized carbons (Fsp3) is 0.526. The van der Waals surface area contributed by atoms with Crippen LogP contribution in [-0.2, 0) is 12.8 Å². The second-order valence-corrected chi connectivity index (χ2v) is 6.76. The summed E-state index contributed by atoms with van der Waals surface area (Å²) in [5.74, 6) is 1.28. The maximum absolute atomic E-state index is 5.09. The molecule has 1 saturated heterocycles. The van der Waals surface area contributed by atoms with E-state index in [-0.39, 0.29) is 0 Å². The van der Waals surface area contributed by atoms with Gasteiger partial charge in [0.1, 0.15) is 5.82 Å². The van der Waals surface area contributed by atoms with Gasteiger partial charge in [-0.25, -0.2) is 4.98 Å². The Bertz CT molecular complexity index is 672. The molecule has 4 rings (SSSR count). The maximum Gasteiger partial charge on any atom is 0.132 e. The molecule has 2 aromatic rings. The lowest BCUT2D eigenvalue weighted by Crippen LogP contribution is -2.45. The number of anilines is 1. The Labute approximate surface area is 132 Å². The third kappa shape index (κ3) is 2.48. The Morgan fingerprint density at radius 2 is 1.59 bits per heavy atom. The number of hydrogen-bond donors (Lipinski definition) is 0. The molecule has 1 fully saturated rings. The third-order valence-corrected chi connectivity index (χ3v) is 5.25. The quantitative estimate of drug-likeness (QED) is 0.753. The summed E-state index contributed by atoms with van der Waals surface area (Å²) in [6, 6.07) is 8.72. The van der Waals surface area contributed by atoms with Gasteiger partial charge in [0, 0.05) is 31.6 Å². The summed E-state index contributed by atoms with van der Waals surface area (Å²) in [5.41, 5.74) is 4.30. The Balaban J connectivity index is 1.84. The minimum atomic E-state index is 1.11. The van der Waals surface area contributed by atoms with Crippen LogP contribution in [0.2, 0.25) is 0 Å². The molecule has 0 saturated carbocycles. The Kier molecular flexibility index (Phi) is 3.75. The van der Waals surface area contributed by atoms with Gasteiger partial charge in [0.25, 0.3) is 0 Å². The first-order valence-electron chi connectivity index (χ1n) is 8.67. The monoisotopic (exact) mass is 295 g/mol. The van der Waals surface area contributed by atoms with Crippen LogP contribution in [0.1, 0.15) is 30.4 Å². The average Bonchev–Trinajstić information content (AvgIpc) is 2.81. The molecule has 1 aromatic carbocycles. The molecule has 0 spiro atoms. The van der Waals surface area contributed by atoms with E-state index in [4.69, 9.17) is 4.98 Å². The van der Waals surface area contributed by atoms with Gasteiger partial charge >= 0.3 is 0 Å². The molecular weight excluding hydrogens is 270 g/mol. The summed E-state index contributed by atoms with van der Waals surface area (Å²) in [7, 11) is 2.21. The van der Waals surface area contributed by atoms with Gasteiger partial charge in [-0.1, -0.05) is 24.6 Å². The van der Waals surface area contributed by atoms with Crippen LogP contribution in [0.15, 0.2) is 24.3 Å². The van der Waals surface area contributed by atoms with Crippen LogP contribution in [0.5, 0.6) is 0 Å². The van der Waals surface area contributed by atoms with Gasteiger partial charge in [-0.15, -0.1) is 0 Å². The first-order valence-corrected chi connectivity index (χ1v) is 8.67. The highest BCUT2D eigenvalue weighted by molar-refractivity contribution is 5.86. The van der Waals surface area contributed by atoms with Gasteiger partial charge in [-0.05, 0) is 49.9 Å². The van der Waals surface area contributed by atoms with Crippen molar-refractivity contribution >= 4 is 16.7 Å². The van der Waals surface area contributed by atoms with E-state index in [1.165, 1.54) is 48.8 Å². The number of benzene rings is 1. The largest absolute Gasteiger partial charge is 0.354 e. The molecule has 2 aliphatic rings. The zero-order valence-electron chi connectivity index (χ0n) is 13.5. The number of pyridine rings is 1. The fourth-order valence-corrected chi connectivity index (χ4v) is 3.91. The van der Waals surface area contributed by atoms with Crippen LogP contribution in [0.3, 0.4) is 0 Å². The van der Waals surface area contributed by atoms with Crippen molar-refractivity contribution in [3.8, 4) is 0 Å². The molecule has 22 heavy (non-hydrogen) atoms. The third-order valence-electron chi connectivity index (χ3n) is 5.25. The van der Waals surface area contributed by atoms with Gasteiger partial charge in [0.2, 0.25) is 0 Å². The maximum atomic E-state index is 5.09. The molecule has 0 atom stereocenters. The zero-order valence-corrected chi connectivity index (χ0v) is 13.5. The van der Waals surface area contributed by atoms with E-state index in [0.717, 1.165) is 26.2 Å². The number of nitrogens with zero attached hydrogens (tertiary/aromatic N) is 3. The van der Waals surface area contributed by atoms with E-state index in [2.05, 4.69) is 41.1 Å². The van der Waals surface area contributed by atoms with Crippen LogP contribution >= 0.6 is 0 Å². The molecule has 1 aromatic heterocycles. The van der Waals surface area contributed by atoms with Crippen LogP contribution in [0.4, 0.5) is 5.82 Å². The smallest absolute Gasteiger partial charge is 0.132 e. The SMILES string of the molecule is CN1CCN(c2nc3ccccc3c3c2CCCCC3)CC1. The topological polar surface area (TPSA) is 19.4 Å². The molecule has 1 aliphatic carbocycles. The lowest BCUT2D eigenvalue weighted by molar-refractivity contribution is 0.312. The van der Waals surface area contributed by atoms with E-state index in [9.17, 15) is 0 Å². The molecule has 2 heterocycles. The lowest BCUT2D eigenvalue weighted by atomic mass is 9.98. The minimum Gasteiger partial charge on any atom is -0.354 e. The van der Waals surface area contributed by atoms with Crippen LogP contribution in [-0.4, -0.2) is 43.1 Å². The van der Waals surface area contributed by atoms with Crippen molar-refractivity contribution in [2.45, 2.75) is 32.1 Å². The van der Waals surface area contributed by atoms with Crippen molar-refractivity contribution in [3.63, 3.8) is 0 Å². The molecule has 1 aliphatic heterocycles. The minimum absolute atomic E-state index is 1.11. The molecule has 0 unspecified atom stereocenters. The van der Waals surface area contributed by atoms with Crippen molar-refractivity contribution in [2.75, 3.05) is 38.1 Å². The number of piperazine rings is 1. The normalized spacial score (nSPS) is 20.0. The van der Waals surface area contributed by atoms with Crippen LogP contribution in [0.25, 0.3) is 10.9 Å². The molecule has 116 valence electrons. The van der Waals surface area contributed by atoms with Crippen LogP contribution in [0, 0.1) is 0 Å². The zero-order chi connectivity index (χ0) is 14.9. The molecule has 0 amide bonds. The van der Waals surface area contributed by atoms with Crippen molar-refractivity contribution in [3.05, 3.63) is 35.4 Å². The Morgan fingerprint density at radius 1 is 0.864 bits per heavy atom. The molecule has 3 nitrogen and oxygen atoms in total. The first-order chi connectivity index (χ1) is 10.8. The fourth-order valence-electron chi connectivity index (χ4n) is 3.91. The number of aryl methyl sites for hydroxylation is 1. The van der Waals surface area contributed by atoms with Gasteiger partial charge in [-0.2, -0.15) is 0 Å². The predicted molar refractivity (Wildman–Crippen MR) is 92.7 cm³/mol. The van der Waals surface area contributed by atoms with Crippen molar-refractivity contribution in [2.24, 2.45) is 0 Å². The number of likely N-dealkylation sites (N-methyl/N-ethyl adjacent to an activating group) is 1. The summed E-state index contributed by atoms with van der Waals surface area (Å²) in [6.45, 7) is 4.50.